The Balaban J connectivity index is 1.27. The number of nitrogens with one attached hydrogen (secondary N) is 1. The molecule has 1 fully saturated rings. The number of fused-ring (bicyclic) bond motifs is 2. The Kier molecular flexibility index (Phi) is 6.99. The quantitative estimate of drug-likeness (QED) is 0.310. The molecule has 1 saturated heterocycles. The van der Waals surface area contributed by atoms with Crippen LogP contribution in [0.1, 0.15) is 40.7 Å². The standard InChI is InChI=1S/C32H32N2O4/c35-21-22-4-12-28-23(18-22)7-13-29(24-5-6-25-20-33-32(36)30(25)19-24)31(28)38-27-10-8-26(9-11-27)37-17-16-34-14-2-1-3-15-34/h4-13,18-19,35H,1-3,14-17,20-21H2,(H,33,36). The number of carbonyl (C=O) groups is 1. The van der Waals surface area contributed by atoms with Gasteiger partial charge in [-0.1, -0.05) is 36.8 Å². The van der Waals surface area contributed by atoms with Gasteiger partial charge in [-0.05, 0) is 90.5 Å². The lowest BCUT2D eigenvalue weighted by molar-refractivity contribution is 0.0965. The highest BCUT2D eigenvalue weighted by molar-refractivity contribution is 6.01. The number of hydrogen-bond donors (Lipinski definition) is 2. The van der Waals surface area contributed by atoms with E-state index in [-0.39, 0.29) is 12.5 Å². The second kappa shape index (κ2) is 10.9. The molecule has 0 spiro atoms. The fourth-order valence-electron chi connectivity index (χ4n) is 5.36. The lowest BCUT2D eigenvalue weighted by Gasteiger charge is -2.26. The molecule has 6 heteroatoms. The molecule has 4 aromatic carbocycles. The Morgan fingerprint density at radius 1 is 0.842 bits per heavy atom. The number of amides is 1. The maximum absolute atomic E-state index is 12.3. The summed E-state index contributed by atoms with van der Waals surface area (Å²) in [6, 6.07) is 23.6. The second-order valence-corrected chi connectivity index (χ2v) is 10.0. The summed E-state index contributed by atoms with van der Waals surface area (Å²) in [5.74, 6) is 2.19. The lowest BCUT2D eigenvalue weighted by Crippen LogP contribution is -2.33. The molecule has 0 radical (unpaired) electrons. The van der Waals surface area contributed by atoms with Gasteiger partial charge in [0.15, 0.2) is 0 Å². The molecule has 0 aliphatic carbocycles. The van der Waals surface area contributed by atoms with Crippen LogP contribution in [-0.4, -0.2) is 42.2 Å². The third-order valence-corrected chi connectivity index (χ3v) is 7.49. The van der Waals surface area contributed by atoms with Crippen LogP contribution in [0.25, 0.3) is 21.9 Å². The number of likely N-dealkylation sites (tertiary alicyclic amines) is 1. The Hall–Kier alpha value is -3.87. The lowest BCUT2D eigenvalue weighted by atomic mass is 9.96. The summed E-state index contributed by atoms with van der Waals surface area (Å²) in [5, 5.41) is 14.4. The van der Waals surface area contributed by atoms with Crippen molar-refractivity contribution >= 4 is 16.7 Å². The highest BCUT2D eigenvalue weighted by Gasteiger charge is 2.21. The maximum atomic E-state index is 12.3. The number of aliphatic hydroxyl groups is 1. The van der Waals surface area contributed by atoms with Crippen LogP contribution in [0.15, 0.2) is 72.8 Å². The number of rotatable bonds is 8. The van der Waals surface area contributed by atoms with Crippen molar-refractivity contribution < 1.29 is 19.4 Å². The first-order valence-corrected chi connectivity index (χ1v) is 13.4. The largest absolute Gasteiger partial charge is 0.492 e. The van der Waals surface area contributed by atoms with Crippen molar-refractivity contribution in [3.05, 3.63) is 89.5 Å². The summed E-state index contributed by atoms with van der Waals surface area (Å²) in [4.78, 5) is 14.8. The molecule has 2 heterocycles. The molecule has 0 atom stereocenters. The van der Waals surface area contributed by atoms with Crippen LogP contribution < -0.4 is 14.8 Å². The first-order chi connectivity index (χ1) is 18.7. The van der Waals surface area contributed by atoms with Crippen LogP contribution in [0.4, 0.5) is 0 Å². The highest BCUT2D eigenvalue weighted by atomic mass is 16.5. The van der Waals surface area contributed by atoms with Gasteiger partial charge in [-0.3, -0.25) is 9.69 Å². The van der Waals surface area contributed by atoms with Crippen LogP contribution in [0, 0.1) is 0 Å². The Bertz CT molecular complexity index is 1460. The van der Waals surface area contributed by atoms with Gasteiger partial charge in [0, 0.05) is 29.6 Å². The van der Waals surface area contributed by atoms with Gasteiger partial charge in [-0.25, -0.2) is 0 Å². The van der Waals surface area contributed by atoms with E-state index in [0.717, 1.165) is 58.4 Å². The average Bonchev–Trinajstić information content (AvgIpc) is 3.34. The molecule has 6 nitrogen and oxygen atoms in total. The van der Waals surface area contributed by atoms with Gasteiger partial charge in [0.2, 0.25) is 0 Å². The molecular formula is C32H32N2O4. The third-order valence-electron chi connectivity index (χ3n) is 7.49. The van der Waals surface area contributed by atoms with Crippen LogP contribution in [0.2, 0.25) is 0 Å². The topological polar surface area (TPSA) is 71.0 Å². The summed E-state index contributed by atoms with van der Waals surface area (Å²) >= 11 is 0. The smallest absolute Gasteiger partial charge is 0.251 e. The van der Waals surface area contributed by atoms with Crippen molar-refractivity contribution in [2.75, 3.05) is 26.2 Å². The van der Waals surface area contributed by atoms with Crippen molar-refractivity contribution in [3.8, 4) is 28.4 Å². The predicted octanol–water partition coefficient (Wildman–Crippen LogP) is 5.90. The summed E-state index contributed by atoms with van der Waals surface area (Å²) in [6.45, 7) is 4.49. The second-order valence-electron chi connectivity index (χ2n) is 10.0. The fraction of sp³-hybridized carbons (Fsp3) is 0.281. The normalized spacial score (nSPS) is 15.3. The molecular weight excluding hydrogens is 476 g/mol. The maximum Gasteiger partial charge on any atom is 0.251 e. The van der Waals surface area contributed by atoms with Crippen molar-refractivity contribution in [1.82, 2.24) is 10.2 Å². The van der Waals surface area contributed by atoms with E-state index in [1.165, 1.54) is 19.3 Å². The molecule has 1 amide bonds. The number of nitrogens with zero attached hydrogens (tertiary/aromatic N) is 1. The summed E-state index contributed by atoms with van der Waals surface area (Å²) in [5.41, 5.74) is 4.37. The minimum atomic E-state index is -0.0476. The summed E-state index contributed by atoms with van der Waals surface area (Å²) in [6.07, 6.45) is 3.89. The molecule has 0 saturated carbocycles. The first-order valence-electron chi connectivity index (χ1n) is 13.4. The Morgan fingerprint density at radius 2 is 1.66 bits per heavy atom. The van der Waals surface area contributed by atoms with E-state index in [9.17, 15) is 9.90 Å². The van der Waals surface area contributed by atoms with E-state index in [2.05, 4.69) is 10.2 Å². The molecule has 38 heavy (non-hydrogen) atoms. The van der Waals surface area contributed by atoms with E-state index in [4.69, 9.17) is 9.47 Å². The van der Waals surface area contributed by atoms with Gasteiger partial charge in [-0.15, -0.1) is 0 Å². The zero-order valence-electron chi connectivity index (χ0n) is 21.4. The number of piperidine rings is 1. The number of carbonyl (C=O) groups excluding carboxylic acids is 1. The molecule has 2 N–H and O–H groups in total. The van der Waals surface area contributed by atoms with E-state index >= 15 is 0 Å². The van der Waals surface area contributed by atoms with Gasteiger partial charge < -0.3 is 19.9 Å². The van der Waals surface area contributed by atoms with Crippen molar-refractivity contribution in [3.63, 3.8) is 0 Å². The van der Waals surface area contributed by atoms with Crippen LogP contribution in [0.5, 0.6) is 17.2 Å². The van der Waals surface area contributed by atoms with Crippen LogP contribution in [0.3, 0.4) is 0 Å². The van der Waals surface area contributed by atoms with Crippen LogP contribution >= 0.6 is 0 Å². The first kappa shape index (κ1) is 24.5. The van der Waals surface area contributed by atoms with Gasteiger partial charge in [0.05, 0.1) is 6.61 Å². The molecule has 6 rings (SSSR count). The van der Waals surface area contributed by atoms with E-state index in [1.54, 1.807) is 0 Å². The number of ether oxygens (including phenoxy) is 2. The molecule has 2 aliphatic rings. The van der Waals surface area contributed by atoms with Gasteiger partial charge in [0.25, 0.3) is 5.91 Å². The minimum Gasteiger partial charge on any atom is -0.492 e. The fourth-order valence-corrected chi connectivity index (χ4v) is 5.36. The molecule has 2 aliphatic heterocycles. The van der Waals surface area contributed by atoms with E-state index in [0.29, 0.717) is 30.2 Å². The minimum absolute atomic E-state index is 0.0208. The van der Waals surface area contributed by atoms with E-state index < -0.39 is 0 Å². The molecule has 194 valence electrons. The van der Waals surface area contributed by atoms with Gasteiger partial charge >= 0.3 is 0 Å². The number of benzene rings is 4. The SMILES string of the molecule is O=C1NCc2ccc(-c3ccc4cc(CO)ccc4c3Oc3ccc(OCCN4CCCCC4)cc3)cc21. The van der Waals surface area contributed by atoms with Gasteiger partial charge in [-0.2, -0.15) is 0 Å². The number of hydrogen-bond acceptors (Lipinski definition) is 5. The Labute approximate surface area is 222 Å². The van der Waals surface area contributed by atoms with Crippen molar-refractivity contribution in [2.24, 2.45) is 0 Å². The average molecular weight is 509 g/mol. The van der Waals surface area contributed by atoms with Crippen molar-refractivity contribution in [1.29, 1.82) is 0 Å². The monoisotopic (exact) mass is 508 g/mol. The van der Waals surface area contributed by atoms with Crippen LogP contribution in [-0.2, 0) is 13.2 Å². The molecule has 0 bridgehead atoms. The molecule has 0 aromatic heterocycles. The highest BCUT2D eigenvalue weighted by Crippen LogP contribution is 2.41. The summed E-state index contributed by atoms with van der Waals surface area (Å²) in [7, 11) is 0. The zero-order chi connectivity index (χ0) is 25.9. The van der Waals surface area contributed by atoms with E-state index in [1.807, 2.05) is 72.8 Å². The number of aliphatic hydroxyl groups excluding tert-OH is 1. The Morgan fingerprint density at radius 3 is 2.47 bits per heavy atom. The molecule has 4 aromatic rings. The zero-order valence-corrected chi connectivity index (χ0v) is 21.4. The van der Waals surface area contributed by atoms with Crippen molar-refractivity contribution in [2.45, 2.75) is 32.4 Å². The predicted molar refractivity (Wildman–Crippen MR) is 149 cm³/mol. The third kappa shape index (κ3) is 5.10. The molecule has 0 unspecified atom stereocenters. The summed E-state index contributed by atoms with van der Waals surface area (Å²) < 4.78 is 12.5. The van der Waals surface area contributed by atoms with Gasteiger partial charge in [0.1, 0.15) is 23.9 Å².